The summed E-state index contributed by atoms with van der Waals surface area (Å²) in [7, 11) is 0. The van der Waals surface area contributed by atoms with Crippen LogP contribution in [0.2, 0.25) is 0 Å². The third-order valence-corrected chi connectivity index (χ3v) is 6.69. The third-order valence-electron chi connectivity index (χ3n) is 5.06. The van der Waals surface area contributed by atoms with E-state index in [9.17, 15) is 14.0 Å². The zero-order chi connectivity index (χ0) is 21.5. The lowest BCUT2D eigenvalue weighted by atomic mass is 10.1. The van der Waals surface area contributed by atoms with E-state index in [0.29, 0.717) is 28.5 Å². The van der Waals surface area contributed by atoms with E-state index in [1.807, 2.05) is 18.7 Å². The highest BCUT2D eigenvalue weighted by molar-refractivity contribution is 8.24. The van der Waals surface area contributed by atoms with Gasteiger partial charge in [-0.3, -0.25) is 0 Å². The average molecular weight is 446 g/mol. The molecule has 6 nitrogen and oxygen atoms in total. The molecule has 3 aromatic rings. The summed E-state index contributed by atoms with van der Waals surface area (Å²) in [6.45, 7) is 4.25. The van der Waals surface area contributed by atoms with Crippen LogP contribution in [0, 0.1) is 5.82 Å². The van der Waals surface area contributed by atoms with Crippen LogP contribution < -0.4 is 11.4 Å². The Bertz CT molecular complexity index is 1200. The molecule has 0 amide bonds. The van der Waals surface area contributed by atoms with Gasteiger partial charge in [-0.15, -0.1) is 4.74 Å². The predicted molar refractivity (Wildman–Crippen MR) is 119 cm³/mol. The molecule has 0 spiro atoms. The lowest BCUT2D eigenvalue weighted by Gasteiger charge is -2.30. The van der Waals surface area contributed by atoms with Gasteiger partial charge in [0, 0.05) is 6.54 Å². The number of hydrogen-bond donors (Lipinski definition) is 0. The Balaban J connectivity index is 1.72. The fourth-order valence-electron chi connectivity index (χ4n) is 3.66. The summed E-state index contributed by atoms with van der Waals surface area (Å²) in [5, 5.41) is 0. The molecule has 2 heterocycles. The topological polar surface area (TPSA) is 60.4 Å². The third kappa shape index (κ3) is 3.63. The summed E-state index contributed by atoms with van der Waals surface area (Å²) < 4.78 is 21.6. The van der Waals surface area contributed by atoms with Crippen LogP contribution in [-0.2, 0) is 6.42 Å². The first-order valence-corrected chi connectivity index (χ1v) is 10.7. The highest BCUT2D eigenvalue weighted by Crippen LogP contribution is 2.46. The molecule has 0 bridgehead atoms. The van der Waals surface area contributed by atoms with Gasteiger partial charge in [0.2, 0.25) is 0 Å². The highest BCUT2D eigenvalue weighted by Gasteiger charge is 2.48. The van der Waals surface area contributed by atoms with Gasteiger partial charge >= 0.3 is 11.4 Å². The number of thiocarbonyl (C=S) groups is 1. The van der Waals surface area contributed by atoms with Crippen molar-refractivity contribution >= 4 is 28.3 Å². The van der Waals surface area contributed by atoms with E-state index in [0.717, 1.165) is 9.31 Å². The standard InChI is InChI=1S/C21H20FN3O3S2/c1-21(2)17(23(20(29)30-21)13-12-14-8-6-7-11-16(14)22)25-18(26)24(19(27)28-25)15-9-4-3-5-10-15/h3-11,17H,12-13H2,1-2H3/t17-/m0/s1. The molecule has 0 radical (unpaired) electrons. The predicted octanol–water partition coefficient (Wildman–Crippen LogP) is 3.58. The molecule has 1 atom stereocenters. The first kappa shape index (κ1) is 20.6. The van der Waals surface area contributed by atoms with Crippen molar-refractivity contribution in [2.45, 2.75) is 31.2 Å². The van der Waals surface area contributed by atoms with Gasteiger partial charge in [-0.05, 0) is 44.0 Å². The van der Waals surface area contributed by atoms with Gasteiger partial charge in [-0.25, -0.2) is 14.0 Å². The molecule has 0 N–H and O–H groups in total. The number of rotatable bonds is 5. The van der Waals surface area contributed by atoms with Crippen molar-refractivity contribution in [2.75, 3.05) is 6.54 Å². The number of benzene rings is 2. The molecule has 1 aliphatic heterocycles. The van der Waals surface area contributed by atoms with Gasteiger partial charge in [-0.2, -0.15) is 4.57 Å². The molecule has 0 saturated carbocycles. The zero-order valence-corrected chi connectivity index (χ0v) is 18.1. The monoisotopic (exact) mass is 445 g/mol. The fourth-order valence-corrected chi connectivity index (χ4v) is 5.59. The molecule has 4 rings (SSSR count). The summed E-state index contributed by atoms with van der Waals surface area (Å²) in [6.07, 6.45) is -0.217. The van der Waals surface area contributed by atoms with Crippen LogP contribution in [0.15, 0.2) is 68.7 Å². The van der Waals surface area contributed by atoms with Crippen LogP contribution in [0.5, 0.6) is 0 Å². The Morgan fingerprint density at radius 3 is 2.47 bits per heavy atom. The number of hydrogen-bond acceptors (Lipinski definition) is 5. The van der Waals surface area contributed by atoms with Gasteiger partial charge in [0.05, 0.1) is 10.4 Å². The maximum Gasteiger partial charge on any atom is 0.447 e. The van der Waals surface area contributed by atoms with Gasteiger partial charge in [-0.1, -0.05) is 60.4 Å². The first-order chi connectivity index (χ1) is 14.3. The molecule has 0 unspecified atom stereocenters. The number of para-hydroxylation sites is 1. The number of halogens is 1. The second kappa shape index (κ2) is 7.88. The molecule has 1 aromatic heterocycles. The Hall–Kier alpha value is -2.65. The van der Waals surface area contributed by atoms with Crippen molar-refractivity contribution in [2.24, 2.45) is 0 Å². The molecule has 1 aliphatic rings. The fraction of sp³-hybridized carbons (Fsp3) is 0.286. The number of nitrogens with zero attached hydrogens (tertiary/aromatic N) is 3. The Morgan fingerprint density at radius 1 is 1.10 bits per heavy atom. The van der Waals surface area contributed by atoms with Crippen LogP contribution >= 0.6 is 24.0 Å². The van der Waals surface area contributed by atoms with Crippen LogP contribution in [0.1, 0.15) is 25.6 Å². The normalized spacial score (nSPS) is 18.2. The molecule has 2 aromatic carbocycles. The van der Waals surface area contributed by atoms with E-state index < -0.39 is 22.4 Å². The maximum absolute atomic E-state index is 14.1. The van der Waals surface area contributed by atoms with E-state index in [1.165, 1.54) is 17.8 Å². The maximum atomic E-state index is 14.1. The number of aromatic nitrogens is 2. The lowest BCUT2D eigenvalue weighted by molar-refractivity contribution is 0.0909. The van der Waals surface area contributed by atoms with Gasteiger partial charge in [0.15, 0.2) is 6.17 Å². The Morgan fingerprint density at radius 2 is 1.77 bits per heavy atom. The highest BCUT2D eigenvalue weighted by atomic mass is 32.2. The lowest BCUT2D eigenvalue weighted by Crippen LogP contribution is -2.43. The minimum Gasteiger partial charge on any atom is -0.333 e. The second-order valence-corrected chi connectivity index (χ2v) is 9.80. The molecule has 0 aliphatic carbocycles. The van der Waals surface area contributed by atoms with Crippen molar-refractivity contribution in [1.82, 2.24) is 14.2 Å². The average Bonchev–Trinajstić information content (AvgIpc) is 3.11. The summed E-state index contributed by atoms with van der Waals surface area (Å²) in [6, 6.07) is 15.2. The zero-order valence-electron chi connectivity index (χ0n) is 16.4. The van der Waals surface area contributed by atoms with Gasteiger partial charge in [0.1, 0.15) is 10.1 Å². The Kier molecular flexibility index (Phi) is 5.42. The van der Waals surface area contributed by atoms with Crippen molar-refractivity contribution in [3.63, 3.8) is 0 Å². The second-order valence-electron chi connectivity index (χ2n) is 7.52. The van der Waals surface area contributed by atoms with Crippen LogP contribution in [-0.4, -0.2) is 29.8 Å². The molecular weight excluding hydrogens is 425 g/mol. The summed E-state index contributed by atoms with van der Waals surface area (Å²) in [5.41, 5.74) is 0.411. The summed E-state index contributed by atoms with van der Waals surface area (Å²) in [5.74, 6) is -1.05. The minimum atomic E-state index is -0.765. The van der Waals surface area contributed by atoms with Crippen LogP contribution in [0.4, 0.5) is 4.39 Å². The van der Waals surface area contributed by atoms with Crippen molar-refractivity contribution in [1.29, 1.82) is 0 Å². The molecule has 9 heteroatoms. The van der Waals surface area contributed by atoms with Crippen LogP contribution in [0.25, 0.3) is 5.69 Å². The van der Waals surface area contributed by atoms with Crippen LogP contribution in [0.3, 0.4) is 0 Å². The molecule has 1 saturated heterocycles. The smallest absolute Gasteiger partial charge is 0.333 e. The van der Waals surface area contributed by atoms with Crippen molar-refractivity contribution in [3.05, 3.63) is 87.0 Å². The SMILES string of the molecule is CC1(C)SC(=S)N(CCc2ccccc2F)[C@H]1n1oc(=O)n(-c2ccccc2)c1=O. The molecule has 156 valence electrons. The summed E-state index contributed by atoms with van der Waals surface area (Å²) >= 11 is 6.97. The quantitative estimate of drug-likeness (QED) is 0.560. The first-order valence-electron chi connectivity index (χ1n) is 9.43. The molecule has 1 fully saturated rings. The summed E-state index contributed by atoms with van der Waals surface area (Å²) in [4.78, 5) is 27.5. The van der Waals surface area contributed by atoms with Crippen molar-refractivity contribution < 1.29 is 8.91 Å². The molecule has 30 heavy (non-hydrogen) atoms. The van der Waals surface area contributed by atoms with E-state index in [-0.39, 0.29) is 5.82 Å². The van der Waals surface area contributed by atoms with E-state index in [1.54, 1.807) is 48.5 Å². The number of thioether (sulfide) groups is 1. The van der Waals surface area contributed by atoms with E-state index in [2.05, 4.69) is 0 Å². The minimum absolute atomic E-state index is 0.287. The largest absolute Gasteiger partial charge is 0.447 e. The van der Waals surface area contributed by atoms with Gasteiger partial charge in [0.25, 0.3) is 0 Å². The molecular formula is C21H20FN3O3S2. The van der Waals surface area contributed by atoms with E-state index in [4.69, 9.17) is 16.7 Å². The van der Waals surface area contributed by atoms with Crippen molar-refractivity contribution in [3.8, 4) is 5.69 Å². The Labute approximate surface area is 181 Å². The van der Waals surface area contributed by atoms with Gasteiger partial charge < -0.3 is 9.42 Å². The van der Waals surface area contributed by atoms with E-state index >= 15 is 0 Å².